The molecule has 19 atom stereocenters. The third-order valence-electron chi connectivity index (χ3n) is 16.2. The number of nitrogens with two attached hydrogens (primary N) is 6. The maximum Gasteiger partial charge on any atom is 0.341 e. The molecule has 29 nitrogen and oxygen atoms in total. The third-order valence-corrected chi connectivity index (χ3v) is 16.2. The largest absolute Gasteiger partial charge is 0.477 e. The number of nitrogens with one attached hydrogen (secondary N) is 1. The Morgan fingerprint density at radius 3 is 1.95 bits per heavy atom. The molecule has 30 heteroatoms. The van der Waals surface area contributed by atoms with Gasteiger partial charge in [-0.15, -0.1) is 5.10 Å². The van der Waals surface area contributed by atoms with Gasteiger partial charge in [-0.3, -0.25) is 19.2 Å². The lowest BCUT2D eigenvalue weighted by atomic mass is 9.84. The van der Waals surface area contributed by atoms with Crippen LogP contribution in [0.5, 0.6) is 0 Å². The number of carboxylic acid groups (broad SMARTS) is 1. The number of fused-ring (bicyclic) bond motifs is 1. The molecule has 0 unspecified atom stereocenters. The van der Waals surface area contributed by atoms with Gasteiger partial charge in [-0.1, -0.05) is 17.3 Å². The van der Waals surface area contributed by atoms with E-state index in [2.05, 4.69) is 20.5 Å². The summed E-state index contributed by atoms with van der Waals surface area (Å²) in [5, 5.41) is 86.8. The Morgan fingerprint density at radius 2 is 1.35 bits per heavy atom. The third kappa shape index (κ3) is 12.1. The molecule has 2 saturated carbocycles. The first kappa shape index (κ1) is 58.9. The molecule has 10 rings (SSSR count). The first-order valence-electron chi connectivity index (χ1n) is 27.1. The van der Waals surface area contributed by atoms with Crippen LogP contribution in [0, 0.1) is 5.82 Å². The van der Waals surface area contributed by atoms with Gasteiger partial charge >= 0.3 is 5.97 Å². The zero-order valence-electron chi connectivity index (χ0n) is 44.0. The van der Waals surface area contributed by atoms with Crippen molar-refractivity contribution in [2.45, 2.75) is 155 Å². The van der Waals surface area contributed by atoms with Crippen molar-refractivity contribution in [3.63, 3.8) is 0 Å². The van der Waals surface area contributed by atoms with Crippen molar-refractivity contribution >= 4 is 34.2 Å². The molecule has 0 spiro atoms. The Morgan fingerprint density at radius 1 is 0.728 bits per heavy atom. The van der Waals surface area contributed by atoms with E-state index in [1.807, 2.05) is 4.90 Å². The fraction of sp³-hybridized carbons (Fsp3) is 0.627. The van der Waals surface area contributed by atoms with Crippen molar-refractivity contribution in [3.8, 4) is 11.3 Å². The molecule has 4 aliphatic heterocycles. The van der Waals surface area contributed by atoms with E-state index in [0.29, 0.717) is 55.2 Å². The molecule has 444 valence electrons. The SMILES string of the molecule is NC[C@@H]1O[C@@H](O[C@H]2[C@@H](O)[C@H](O[C@@H]3[C@@H](O)[C@H](N)C[C@H](N)[C@H]3O[C@H]3O[C@H](CN)[C@@H](O)[C@H](O)[C@H]3N)O[C@@H]2C(=O)Nc2ccc(-c3cn(CCCN4CCN(c5cc6c(cc5F)c(=O)c(C(=O)O)cn6C5CC5)CC4)nn3)cc2)[C@H](N)[C@@H](O)[C@@H]1O. The maximum atomic E-state index is 15.6. The number of hydrogen-bond acceptors (Lipinski definition) is 25. The maximum absolute atomic E-state index is 15.6. The number of amides is 1. The number of hydrogen-bond donors (Lipinski definition) is 14. The topological polar surface area (TPSA) is 458 Å². The zero-order chi connectivity index (χ0) is 57.7. The molecule has 4 saturated heterocycles. The zero-order valence-corrected chi connectivity index (χ0v) is 44.0. The molecule has 1 amide bonds. The van der Waals surface area contributed by atoms with Gasteiger partial charge in [0, 0.05) is 93.3 Å². The summed E-state index contributed by atoms with van der Waals surface area (Å²) < 4.78 is 55.2. The van der Waals surface area contributed by atoms with Gasteiger partial charge in [-0.2, -0.15) is 0 Å². The second-order valence-electron chi connectivity index (χ2n) is 21.7. The van der Waals surface area contributed by atoms with Crippen LogP contribution in [0.3, 0.4) is 0 Å². The standard InChI is InChI=1S/C51H72FN13O16/c52-26-14-24-30(65(23-6-7-23)19-25(36(24)66)48(74)75)16-31(26)63-12-10-62(11-13-63)8-1-9-64-20-29(60-61-64)21-2-4-22(5-3-21)59-47(73)46-45(79-50-35(58)41(71)39(69)33(18-54)77-50)42(72)51(81-46)80-44-37(67)27(55)15-28(56)43(44)78-49-34(57)40(70)38(68)32(17-53)76-49/h2-5,14,16,19-20,23,27-28,32-35,37-46,49-51,67-72H,1,6-13,15,17-18,53-58H2,(H,59,73)(H,74,75)/t27-,28+,32-,33+,34-,35-,37+,38-,39-,40-,41-,42-,43-,44-,45+,46+,49-,50+,51-/m1/s1. The van der Waals surface area contributed by atoms with E-state index < -0.39 is 139 Å². The number of anilines is 2. The van der Waals surface area contributed by atoms with Crippen LogP contribution < -0.4 is 50.0 Å². The van der Waals surface area contributed by atoms with E-state index in [4.69, 9.17) is 62.8 Å². The number of carbonyl (C=O) groups excluding carboxylic acids is 1. The van der Waals surface area contributed by atoms with Crippen LogP contribution in [0.2, 0.25) is 0 Å². The number of benzene rings is 2. The van der Waals surface area contributed by atoms with Crippen LogP contribution in [0.1, 0.15) is 42.1 Å². The molecule has 0 bridgehead atoms. The predicted molar refractivity (Wildman–Crippen MR) is 282 cm³/mol. The number of nitrogens with zero attached hydrogens (tertiary/aromatic N) is 6. The van der Waals surface area contributed by atoms with E-state index in [1.54, 1.807) is 45.8 Å². The molecule has 20 N–H and O–H groups in total. The first-order chi connectivity index (χ1) is 38.7. The number of aromatic carboxylic acids is 1. The number of aromatic nitrogens is 4. The van der Waals surface area contributed by atoms with Crippen molar-refractivity contribution in [2.75, 3.05) is 56.0 Å². The molecule has 6 fully saturated rings. The Labute approximate surface area is 462 Å². The summed E-state index contributed by atoms with van der Waals surface area (Å²) in [6, 6.07) is 4.82. The normalized spacial score (nSPS) is 35.8. The summed E-state index contributed by atoms with van der Waals surface area (Å²) in [6.45, 7) is 3.21. The molecule has 81 heavy (non-hydrogen) atoms. The second kappa shape index (κ2) is 24.5. The number of ether oxygens (including phenoxy) is 6. The average Bonchev–Trinajstić information content (AvgIpc) is 4.18. The molecule has 6 aliphatic rings. The lowest BCUT2D eigenvalue weighted by Gasteiger charge is -2.47. The number of piperazine rings is 1. The quantitative estimate of drug-likeness (QED) is 0.0442. The number of rotatable bonds is 18. The number of aliphatic hydroxyl groups excluding tert-OH is 6. The fourth-order valence-electron chi connectivity index (χ4n) is 11.3. The Bertz CT molecular complexity index is 2910. The van der Waals surface area contributed by atoms with Crippen LogP contribution in [-0.4, -0.2) is 234 Å². The van der Waals surface area contributed by atoms with E-state index in [0.717, 1.165) is 31.9 Å². The van der Waals surface area contributed by atoms with Crippen molar-refractivity contribution in [2.24, 2.45) is 34.4 Å². The van der Waals surface area contributed by atoms with Gasteiger partial charge in [0.05, 0.1) is 35.6 Å². The monoisotopic (exact) mass is 1140 g/mol. The molecule has 2 aromatic carbocycles. The summed E-state index contributed by atoms with van der Waals surface area (Å²) in [6.07, 6.45) is -17.0. The van der Waals surface area contributed by atoms with Crippen molar-refractivity contribution in [1.82, 2.24) is 24.5 Å². The van der Waals surface area contributed by atoms with Gasteiger partial charge in [0.1, 0.15) is 78.1 Å². The number of halogens is 1. The summed E-state index contributed by atoms with van der Waals surface area (Å²) in [5.41, 5.74) is 38.1. The van der Waals surface area contributed by atoms with Crippen LogP contribution in [0.15, 0.2) is 53.6 Å². The van der Waals surface area contributed by atoms with Gasteiger partial charge in [-0.25, -0.2) is 9.18 Å². The van der Waals surface area contributed by atoms with Crippen LogP contribution in [0.25, 0.3) is 22.2 Å². The van der Waals surface area contributed by atoms with Crippen LogP contribution in [-0.2, 0) is 39.8 Å². The van der Waals surface area contributed by atoms with Gasteiger partial charge in [-0.05, 0) is 49.9 Å². The second-order valence-corrected chi connectivity index (χ2v) is 21.7. The summed E-state index contributed by atoms with van der Waals surface area (Å²) in [4.78, 5) is 43.2. The Kier molecular flexibility index (Phi) is 17.8. The minimum atomic E-state index is -1.86. The highest BCUT2D eigenvalue weighted by atomic mass is 19.1. The van der Waals surface area contributed by atoms with Crippen molar-refractivity contribution in [1.29, 1.82) is 0 Å². The number of aliphatic hydroxyl groups is 6. The molecule has 6 heterocycles. The van der Waals surface area contributed by atoms with Crippen LogP contribution in [0.4, 0.5) is 15.8 Å². The number of aryl methyl sites for hydroxylation is 1. The summed E-state index contributed by atoms with van der Waals surface area (Å²) in [5.74, 6) is -2.77. The van der Waals surface area contributed by atoms with Crippen molar-refractivity contribution < 1.29 is 78.1 Å². The van der Waals surface area contributed by atoms with E-state index in [1.165, 1.54) is 6.20 Å². The van der Waals surface area contributed by atoms with Gasteiger partial charge in [0.15, 0.2) is 25.0 Å². The molecule has 0 radical (unpaired) electrons. The van der Waals surface area contributed by atoms with Crippen LogP contribution >= 0.6 is 0 Å². The number of carboxylic acids is 1. The highest BCUT2D eigenvalue weighted by molar-refractivity contribution is 5.95. The van der Waals surface area contributed by atoms with Gasteiger partial charge in [0.25, 0.3) is 5.91 Å². The Hall–Kier alpha value is -5.30. The molecule has 4 aromatic rings. The van der Waals surface area contributed by atoms with E-state index >= 15 is 4.39 Å². The predicted octanol–water partition coefficient (Wildman–Crippen LogP) is -5.29. The van der Waals surface area contributed by atoms with E-state index in [9.17, 15) is 50.1 Å². The average molecular weight is 1140 g/mol. The molecular formula is C51H72FN13O16. The molecular weight excluding hydrogens is 1070 g/mol. The minimum absolute atomic E-state index is 0.00552. The highest BCUT2D eigenvalue weighted by Crippen LogP contribution is 2.39. The smallest absolute Gasteiger partial charge is 0.341 e. The molecule has 2 aliphatic carbocycles. The molecule has 2 aromatic heterocycles. The fourth-order valence-corrected chi connectivity index (χ4v) is 11.3. The lowest BCUT2D eigenvalue weighted by Crippen LogP contribution is -2.68. The summed E-state index contributed by atoms with van der Waals surface area (Å²) >= 11 is 0. The van der Waals surface area contributed by atoms with Crippen molar-refractivity contribution in [3.05, 3.63) is 70.4 Å². The first-order valence-corrected chi connectivity index (χ1v) is 27.1. The number of pyridine rings is 1. The Balaban J connectivity index is 0.769. The van der Waals surface area contributed by atoms with Gasteiger partial charge < -0.3 is 113 Å². The lowest BCUT2D eigenvalue weighted by molar-refractivity contribution is -0.306. The minimum Gasteiger partial charge on any atom is -0.477 e. The van der Waals surface area contributed by atoms with Gasteiger partial charge in [0.2, 0.25) is 5.43 Å². The highest BCUT2D eigenvalue weighted by Gasteiger charge is 2.56. The summed E-state index contributed by atoms with van der Waals surface area (Å²) in [7, 11) is 0. The number of carbonyl (C=O) groups is 2. The van der Waals surface area contributed by atoms with E-state index in [-0.39, 0.29) is 42.2 Å².